The van der Waals surface area contributed by atoms with Gasteiger partial charge in [-0.3, -0.25) is 4.79 Å². The molecule has 180 valence electrons. The van der Waals surface area contributed by atoms with Gasteiger partial charge < -0.3 is 14.8 Å². The Bertz CT molecular complexity index is 1050. The highest BCUT2D eigenvalue weighted by Gasteiger charge is 2.34. The van der Waals surface area contributed by atoms with Gasteiger partial charge in [0.05, 0.1) is 31.7 Å². The summed E-state index contributed by atoms with van der Waals surface area (Å²) in [7, 11) is -0.672. The van der Waals surface area contributed by atoms with Crippen molar-refractivity contribution >= 4 is 15.9 Å². The van der Waals surface area contributed by atoms with Crippen molar-refractivity contribution < 1.29 is 22.7 Å². The lowest BCUT2D eigenvalue weighted by atomic mass is 9.95. The quantitative estimate of drug-likeness (QED) is 0.588. The summed E-state index contributed by atoms with van der Waals surface area (Å²) >= 11 is 0. The van der Waals surface area contributed by atoms with E-state index < -0.39 is 10.0 Å². The highest BCUT2D eigenvalue weighted by molar-refractivity contribution is 7.89. The largest absolute Gasteiger partial charge is 0.493 e. The fourth-order valence-corrected chi connectivity index (χ4v) is 5.90. The molecule has 1 atom stereocenters. The second kappa shape index (κ2) is 11.0. The molecule has 8 heteroatoms. The normalized spacial score (nSPS) is 15.8. The van der Waals surface area contributed by atoms with Crippen LogP contribution in [0.5, 0.6) is 11.5 Å². The van der Waals surface area contributed by atoms with Crippen molar-refractivity contribution in [1.82, 2.24) is 9.62 Å². The second-order valence-electron chi connectivity index (χ2n) is 8.56. The molecule has 0 bridgehead atoms. The van der Waals surface area contributed by atoms with E-state index in [0.717, 1.165) is 43.2 Å². The van der Waals surface area contributed by atoms with Crippen LogP contribution in [-0.2, 0) is 14.8 Å². The standard InChI is InChI=1S/C25H34N2O5S/c1-18-10-13-22(14-11-18)33(29,30)27(21-8-6-5-7-9-21)17-25(28)26-19(2)20-12-15-23(31-3)24(16-20)32-4/h10-16,19,21H,5-9,17H2,1-4H3,(H,26,28). The van der Waals surface area contributed by atoms with E-state index in [9.17, 15) is 13.2 Å². The maximum atomic E-state index is 13.5. The molecule has 1 unspecified atom stereocenters. The van der Waals surface area contributed by atoms with Crippen LogP contribution < -0.4 is 14.8 Å². The monoisotopic (exact) mass is 474 g/mol. The summed E-state index contributed by atoms with van der Waals surface area (Å²) in [6.07, 6.45) is 4.56. The maximum Gasteiger partial charge on any atom is 0.243 e. The first-order chi connectivity index (χ1) is 15.8. The van der Waals surface area contributed by atoms with Crippen LogP contribution >= 0.6 is 0 Å². The lowest BCUT2D eigenvalue weighted by Gasteiger charge is -2.33. The summed E-state index contributed by atoms with van der Waals surface area (Å²) in [5, 5.41) is 2.95. The minimum absolute atomic E-state index is 0.174. The average Bonchev–Trinajstić information content (AvgIpc) is 2.82. The predicted molar refractivity (Wildman–Crippen MR) is 128 cm³/mol. The maximum absolute atomic E-state index is 13.5. The van der Waals surface area contributed by atoms with E-state index in [0.29, 0.717) is 11.5 Å². The number of methoxy groups -OCH3 is 2. The van der Waals surface area contributed by atoms with Crippen molar-refractivity contribution in [3.05, 3.63) is 53.6 Å². The molecule has 3 rings (SSSR count). The van der Waals surface area contributed by atoms with E-state index in [2.05, 4.69) is 5.32 Å². The lowest BCUT2D eigenvalue weighted by Crippen LogP contribution is -2.47. The number of nitrogens with zero attached hydrogens (tertiary/aromatic N) is 1. The topological polar surface area (TPSA) is 84.9 Å². The van der Waals surface area contributed by atoms with Gasteiger partial charge in [0.15, 0.2) is 11.5 Å². The summed E-state index contributed by atoms with van der Waals surface area (Å²) in [5.74, 6) is 0.841. The molecule has 1 aliphatic rings. The molecule has 0 aliphatic heterocycles. The zero-order valence-electron chi connectivity index (χ0n) is 19.8. The number of sulfonamides is 1. The zero-order valence-corrected chi connectivity index (χ0v) is 20.7. The Morgan fingerprint density at radius 2 is 1.67 bits per heavy atom. The summed E-state index contributed by atoms with van der Waals surface area (Å²) in [6, 6.07) is 11.7. The number of ether oxygens (including phenoxy) is 2. The van der Waals surface area contributed by atoms with Gasteiger partial charge in [-0.2, -0.15) is 4.31 Å². The molecule has 0 aromatic heterocycles. The molecule has 7 nitrogen and oxygen atoms in total. The van der Waals surface area contributed by atoms with Gasteiger partial charge in [0, 0.05) is 6.04 Å². The van der Waals surface area contributed by atoms with E-state index in [1.807, 2.05) is 26.0 Å². The fourth-order valence-electron chi connectivity index (χ4n) is 4.26. The minimum Gasteiger partial charge on any atom is -0.493 e. The first kappa shape index (κ1) is 25.1. The van der Waals surface area contributed by atoms with Crippen LogP contribution in [0.15, 0.2) is 47.4 Å². The number of nitrogens with one attached hydrogen (secondary N) is 1. The number of carbonyl (C=O) groups is 1. The molecule has 2 aromatic rings. The van der Waals surface area contributed by atoms with Gasteiger partial charge in [-0.1, -0.05) is 43.0 Å². The van der Waals surface area contributed by atoms with Gasteiger partial charge in [0.1, 0.15) is 0 Å². The minimum atomic E-state index is -3.80. The summed E-state index contributed by atoms with van der Waals surface area (Å²) < 4.78 is 39.0. The van der Waals surface area contributed by atoms with Crippen LogP contribution in [0.1, 0.15) is 56.2 Å². The molecule has 0 saturated heterocycles. The Labute approximate surface area is 197 Å². The molecule has 1 N–H and O–H groups in total. The van der Waals surface area contributed by atoms with Crippen LogP contribution in [0.3, 0.4) is 0 Å². The average molecular weight is 475 g/mol. The Morgan fingerprint density at radius 1 is 1.03 bits per heavy atom. The Kier molecular flexibility index (Phi) is 8.37. The van der Waals surface area contributed by atoms with Gasteiger partial charge in [-0.15, -0.1) is 0 Å². The SMILES string of the molecule is COc1ccc(C(C)NC(=O)CN(C2CCCCC2)S(=O)(=O)c2ccc(C)cc2)cc1OC. The molecule has 33 heavy (non-hydrogen) atoms. The molecule has 1 amide bonds. The van der Waals surface area contributed by atoms with Gasteiger partial charge in [-0.25, -0.2) is 8.42 Å². The summed E-state index contributed by atoms with van der Waals surface area (Å²) in [5.41, 5.74) is 1.83. The van der Waals surface area contributed by atoms with Gasteiger partial charge in [0.25, 0.3) is 0 Å². The molecule has 1 saturated carbocycles. The second-order valence-corrected chi connectivity index (χ2v) is 10.4. The molecule has 0 radical (unpaired) electrons. The first-order valence-corrected chi connectivity index (χ1v) is 12.8. The number of amides is 1. The molecule has 0 heterocycles. The van der Waals surface area contributed by atoms with Gasteiger partial charge in [0.2, 0.25) is 15.9 Å². The Morgan fingerprint density at radius 3 is 2.27 bits per heavy atom. The third-order valence-corrected chi connectivity index (χ3v) is 8.11. The predicted octanol–water partition coefficient (Wildman–Crippen LogP) is 4.21. The van der Waals surface area contributed by atoms with E-state index in [4.69, 9.17) is 9.47 Å². The van der Waals surface area contributed by atoms with Crippen molar-refractivity contribution in [2.45, 2.75) is 62.9 Å². The number of hydrogen-bond donors (Lipinski definition) is 1. The molecule has 1 aliphatic carbocycles. The number of benzene rings is 2. The smallest absolute Gasteiger partial charge is 0.243 e. The first-order valence-electron chi connectivity index (χ1n) is 11.4. The van der Waals surface area contributed by atoms with Crippen molar-refractivity contribution in [2.75, 3.05) is 20.8 Å². The van der Waals surface area contributed by atoms with Crippen molar-refractivity contribution in [1.29, 1.82) is 0 Å². The molecule has 0 spiro atoms. The number of hydrogen-bond acceptors (Lipinski definition) is 5. The Balaban J connectivity index is 1.79. The van der Waals surface area contributed by atoms with E-state index in [1.54, 1.807) is 44.6 Å². The van der Waals surface area contributed by atoms with E-state index in [1.165, 1.54) is 4.31 Å². The van der Waals surface area contributed by atoms with Crippen LogP contribution in [0.2, 0.25) is 0 Å². The fraction of sp³-hybridized carbons (Fsp3) is 0.480. The van der Waals surface area contributed by atoms with Crippen LogP contribution in [0.4, 0.5) is 0 Å². The highest BCUT2D eigenvalue weighted by Crippen LogP contribution is 2.30. The summed E-state index contributed by atoms with van der Waals surface area (Å²) in [6.45, 7) is 3.56. The third-order valence-electron chi connectivity index (χ3n) is 6.19. The van der Waals surface area contributed by atoms with Crippen molar-refractivity contribution in [3.8, 4) is 11.5 Å². The molecule has 1 fully saturated rings. The molecular weight excluding hydrogens is 440 g/mol. The molecule has 2 aromatic carbocycles. The van der Waals surface area contributed by atoms with E-state index in [-0.39, 0.29) is 29.4 Å². The van der Waals surface area contributed by atoms with E-state index >= 15 is 0 Å². The van der Waals surface area contributed by atoms with Crippen LogP contribution in [0.25, 0.3) is 0 Å². The zero-order chi connectivity index (χ0) is 24.0. The third kappa shape index (κ3) is 6.06. The highest BCUT2D eigenvalue weighted by atomic mass is 32.2. The van der Waals surface area contributed by atoms with Crippen LogP contribution in [-0.4, -0.2) is 45.4 Å². The Hall–Kier alpha value is -2.58. The van der Waals surface area contributed by atoms with Gasteiger partial charge >= 0.3 is 0 Å². The lowest BCUT2D eigenvalue weighted by molar-refractivity contribution is -0.122. The number of rotatable bonds is 9. The summed E-state index contributed by atoms with van der Waals surface area (Å²) in [4.78, 5) is 13.2. The van der Waals surface area contributed by atoms with Crippen molar-refractivity contribution in [2.24, 2.45) is 0 Å². The van der Waals surface area contributed by atoms with Crippen molar-refractivity contribution in [3.63, 3.8) is 0 Å². The van der Waals surface area contributed by atoms with Gasteiger partial charge in [-0.05, 0) is 56.5 Å². The van der Waals surface area contributed by atoms with Crippen LogP contribution in [0, 0.1) is 6.92 Å². The number of aryl methyl sites for hydroxylation is 1. The molecular formula is C25H34N2O5S. The number of carbonyl (C=O) groups excluding carboxylic acids is 1.